The van der Waals surface area contributed by atoms with Gasteiger partial charge in [-0.05, 0) is 43.7 Å². The third kappa shape index (κ3) is 4.54. The van der Waals surface area contributed by atoms with Crippen molar-refractivity contribution in [2.75, 3.05) is 13.2 Å². The second-order valence-electron chi connectivity index (χ2n) is 6.31. The van der Waals surface area contributed by atoms with Gasteiger partial charge in [-0.1, -0.05) is 33.6 Å². The summed E-state index contributed by atoms with van der Waals surface area (Å²) in [6.07, 6.45) is 1.10. The zero-order valence-electron chi connectivity index (χ0n) is 14.5. The standard InChI is InChI=1S/C20H22BrNO3/c1-13-3-5-18(14(2)11-13)24-10-8-20(23)22-17-7-9-25-19-6-4-15(21)12-16(17)19/h3-6,11-12,17H,7-10H2,1-2H3,(H,22,23). The molecular weight excluding hydrogens is 382 g/mol. The lowest BCUT2D eigenvalue weighted by atomic mass is 10.0. The van der Waals surface area contributed by atoms with Gasteiger partial charge in [-0.2, -0.15) is 0 Å². The molecule has 2 aromatic rings. The highest BCUT2D eigenvalue weighted by Crippen LogP contribution is 2.34. The summed E-state index contributed by atoms with van der Waals surface area (Å²) in [7, 11) is 0. The first-order valence-corrected chi connectivity index (χ1v) is 9.24. The molecule has 132 valence electrons. The van der Waals surface area contributed by atoms with Crippen molar-refractivity contribution in [3.8, 4) is 11.5 Å². The van der Waals surface area contributed by atoms with E-state index >= 15 is 0 Å². The van der Waals surface area contributed by atoms with Crippen molar-refractivity contribution in [3.63, 3.8) is 0 Å². The molecule has 3 rings (SSSR count). The molecule has 0 aliphatic carbocycles. The number of aryl methyl sites for hydroxylation is 2. The van der Waals surface area contributed by atoms with Gasteiger partial charge in [-0.15, -0.1) is 0 Å². The predicted molar refractivity (Wildman–Crippen MR) is 101 cm³/mol. The topological polar surface area (TPSA) is 47.6 Å². The summed E-state index contributed by atoms with van der Waals surface area (Å²) in [5.74, 6) is 1.66. The zero-order chi connectivity index (χ0) is 17.8. The smallest absolute Gasteiger partial charge is 0.223 e. The molecule has 1 aliphatic rings. The van der Waals surface area contributed by atoms with Crippen LogP contribution in [0.25, 0.3) is 0 Å². The lowest BCUT2D eigenvalue weighted by Gasteiger charge is -2.27. The minimum absolute atomic E-state index is 0.0115. The van der Waals surface area contributed by atoms with E-state index in [1.165, 1.54) is 5.56 Å². The molecule has 25 heavy (non-hydrogen) atoms. The van der Waals surface area contributed by atoms with Gasteiger partial charge in [0.05, 0.1) is 25.7 Å². The van der Waals surface area contributed by atoms with Gasteiger partial charge in [0.25, 0.3) is 0 Å². The Balaban J connectivity index is 1.54. The molecule has 4 nitrogen and oxygen atoms in total. The number of ether oxygens (including phenoxy) is 2. The van der Waals surface area contributed by atoms with Crippen molar-refractivity contribution in [2.24, 2.45) is 0 Å². The van der Waals surface area contributed by atoms with Gasteiger partial charge in [0, 0.05) is 16.5 Å². The molecule has 1 N–H and O–H groups in total. The Kier molecular flexibility index (Phi) is 5.63. The van der Waals surface area contributed by atoms with Crippen molar-refractivity contribution in [3.05, 3.63) is 57.6 Å². The Morgan fingerprint density at radius 2 is 2.12 bits per heavy atom. The summed E-state index contributed by atoms with van der Waals surface area (Å²) in [6.45, 7) is 5.04. The van der Waals surface area contributed by atoms with E-state index in [9.17, 15) is 4.79 Å². The summed E-state index contributed by atoms with van der Waals surface area (Å²) in [5, 5.41) is 3.09. The Labute approximate surface area is 156 Å². The van der Waals surface area contributed by atoms with Gasteiger partial charge in [-0.25, -0.2) is 0 Å². The maximum atomic E-state index is 12.3. The third-order valence-electron chi connectivity index (χ3n) is 4.26. The Morgan fingerprint density at radius 3 is 2.92 bits per heavy atom. The first-order valence-electron chi connectivity index (χ1n) is 8.44. The summed E-state index contributed by atoms with van der Waals surface area (Å²) in [6, 6.07) is 11.9. The number of hydrogen-bond acceptors (Lipinski definition) is 3. The predicted octanol–water partition coefficient (Wildman–Crippen LogP) is 4.47. The minimum Gasteiger partial charge on any atom is -0.493 e. The number of benzene rings is 2. The molecule has 1 amide bonds. The fourth-order valence-electron chi connectivity index (χ4n) is 3.00. The van der Waals surface area contributed by atoms with E-state index in [0.29, 0.717) is 19.6 Å². The van der Waals surface area contributed by atoms with E-state index in [1.54, 1.807) is 0 Å². The first kappa shape index (κ1) is 17.8. The average molecular weight is 404 g/mol. The molecule has 1 aliphatic heterocycles. The molecule has 1 heterocycles. The van der Waals surface area contributed by atoms with Crippen molar-refractivity contribution in [2.45, 2.75) is 32.7 Å². The number of hydrogen-bond donors (Lipinski definition) is 1. The minimum atomic E-state index is -0.0186. The van der Waals surface area contributed by atoms with Crippen LogP contribution in [0.15, 0.2) is 40.9 Å². The number of fused-ring (bicyclic) bond motifs is 1. The lowest BCUT2D eigenvalue weighted by molar-refractivity contribution is -0.122. The summed E-state index contributed by atoms with van der Waals surface area (Å²) in [5.41, 5.74) is 3.31. The monoisotopic (exact) mass is 403 g/mol. The fourth-order valence-corrected chi connectivity index (χ4v) is 3.38. The Bertz CT molecular complexity index is 776. The molecule has 0 radical (unpaired) electrons. The maximum absolute atomic E-state index is 12.3. The molecule has 1 atom stereocenters. The molecule has 0 bridgehead atoms. The van der Waals surface area contributed by atoms with Crippen LogP contribution in [0.5, 0.6) is 11.5 Å². The Hall–Kier alpha value is -2.01. The SMILES string of the molecule is Cc1ccc(OCCC(=O)NC2CCOc3ccc(Br)cc32)c(C)c1. The number of carbonyl (C=O) groups excluding carboxylic acids is 1. The van der Waals surface area contributed by atoms with Gasteiger partial charge < -0.3 is 14.8 Å². The molecule has 2 aromatic carbocycles. The molecular formula is C20H22BrNO3. The zero-order valence-corrected chi connectivity index (χ0v) is 16.1. The second-order valence-corrected chi connectivity index (χ2v) is 7.22. The van der Waals surface area contributed by atoms with Crippen LogP contribution < -0.4 is 14.8 Å². The number of halogens is 1. The number of carbonyl (C=O) groups is 1. The molecule has 0 spiro atoms. The van der Waals surface area contributed by atoms with Crippen LogP contribution in [0, 0.1) is 13.8 Å². The van der Waals surface area contributed by atoms with Crippen LogP contribution in [0.2, 0.25) is 0 Å². The van der Waals surface area contributed by atoms with Crippen LogP contribution in [0.3, 0.4) is 0 Å². The molecule has 0 saturated carbocycles. The van der Waals surface area contributed by atoms with E-state index in [-0.39, 0.29) is 11.9 Å². The van der Waals surface area contributed by atoms with Crippen LogP contribution >= 0.6 is 15.9 Å². The van der Waals surface area contributed by atoms with E-state index in [2.05, 4.69) is 27.3 Å². The molecule has 0 saturated heterocycles. The fraction of sp³-hybridized carbons (Fsp3) is 0.350. The highest BCUT2D eigenvalue weighted by molar-refractivity contribution is 9.10. The van der Waals surface area contributed by atoms with Gasteiger partial charge in [0.2, 0.25) is 5.91 Å². The first-order chi connectivity index (χ1) is 12.0. The maximum Gasteiger partial charge on any atom is 0.223 e. The van der Waals surface area contributed by atoms with Gasteiger partial charge in [-0.3, -0.25) is 4.79 Å². The van der Waals surface area contributed by atoms with Crippen LogP contribution in [-0.2, 0) is 4.79 Å². The molecule has 1 unspecified atom stereocenters. The van der Waals surface area contributed by atoms with Crippen molar-refractivity contribution < 1.29 is 14.3 Å². The summed E-state index contributed by atoms with van der Waals surface area (Å²) in [4.78, 5) is 12.3. The summed E-state index contributed by atoms with van der Waals surface area (Å²) < 4.78 is 12.4. The normalized spacial score (nSPS) is 15.9. The largest absolute Gasteiger partial charge is 0.493 e. The quantitative estimate of drug-likeness (QED) is 0.800. The van der Waals surface area contributed by atoms with E-state index < -0.39 is 0 Å². The van der Waals surface area contributed by atoms with Crippen molar-refractivity contribution >= 4 is 21.8 Å². The Morgan fingerprint density at radius 1 is 1.28 bits per heavy atom. The van der Waals surface area contributed by atoms with Gasteiger partial charge in [0.15, 0.2) is 0 Å². The number of amides is 1. The van der Waals surface area contributed by atoms with Crippen molar-refractivity contribution in [1.82, 2.24) is 5.32 Å². The molecule has 0 fully saturated rings. The number of nitrogens with one attached hydrogen (secondary N) is 1. The lowest BCUT2D eigenvalue weighted by Crippen LogP contribution is -2.32. The van der Waals surface area contributed by atoms with Gasteiger partial charge >= 0.3 is 0 Å². The van der Waals surface area contributed by atoms with Gasteiger partial charge in [0.1, 0.15) is 11.5 Å². The summed E-state index contributed by atoms with van der Waals surface area (Å²) >= 11 is 3.48. The average Bonchev–Trinajstić information content (AvgIpc) is 2.57. The second kappa shape index (κ2) is 7.91. The van der Waals surface area contributed by atoms with Crippen LogP contribution in [0.1, 0.15) is 35.6 Å². The highest BCUT2D eigenvalue weighted by Gasteiger charge is 2.23. The molecule has 5 heteroatoms. The number of rotatable bonds is 5. The highest BCUT2D eigenvalue weighted by atomic mass is 79.9. The van der Waals surface area contributed by atoms with Crippen LogP contribution in [0.4, 0.5) is 0 Å². The van der Waals surface area contributed by atoms with E-state index in [4.69, 9.17) is 9.47 Å². The van der Waals surface area contributed by atoms with Crippen molar-refractivity contribution in [1.29, 1.82) is 0 Å². The van der Waals surface area contributed by atoms with E-state index in [0.717, 1.165) is 33.5 Å². The third-order valence-corrected chi connectivity index (χ3v) is 4.76. The van der Waals surface area contributed by atoms with Crippen LogP contribution in [-0.4, -0.2) is 19.1 Å². The van der Waals surface area contributed by atoms with E-state index in [1.807, 2.05) is 44.2 Å². The molecule has 0 aromatic heterocycles.